The Morgan fingerprint density at radius 1 is 0.596 bits per heavy atom. The van der Waals surface area contributed by atoms with Crippen LogP contribution in [0.15, 0.2) is 120 Å². The van der Waals surface area contributed by atoms with E-state index in [0.29, 0.717) is 24.4 Å². The topological polar surface area (TPSA) is 52.6 Å². The highest BCUT2D eigenvalue weighted by Gasteiger charge is 2.42. The number of fused-ring (bicyclic) bond motifs is 3. The van der Waals surface area contributed by atoms with Gasteiger partial charge in [-0.2, -0.15) is 0 Å². The SMILES string of the molecule is C=C(C)C(=O)OCCCCCC1(CCCCCOC(=O)C(=C)C)c2ccccc2-c2ccc(-c3cc(Br)c4ccc5cccc6ccc3c4c56)cc21. The third-order valence-electron chi connectivity index (χ3n) is 10.8. The van der Waals surface area contributed by atoms with Gasteiger partial charge in [0.05, 0.1) is 13.2 Å². The van der Waals surface area contributed by atoms with Gasteiger partial charge in [-0.25, -0.2) is 9.59 Å². The molecule has 0 aromatic heterocycles. The number of unbranched alkanes of at least 4 members (excludes halogenated alkanes) is 4. The van der Waals surface area contributed by atoms with Crippen molar-refractivity contribution in [2.45, 2.75) is 70.6 Å². The Labute approximate surface area is 315 Å². The normalized spacial score (nSPS) is 13.0. The summed E-state index contributed by atoms with van der Waals surface area (Å²) in [6.07, 6.45) is 7.53. The lowest BCUT2D eigenvalue weighted by molar-refractivity contribution is -0.139. The van der Waals surface area contributed by atoms with Crippen LogP contribution in [0.4, 0.5) is 0 Å². The minimum absolute atomic E-state index is 0.175. The average molecular weight is 754 g/mol. The standard InChI is InChI=1S/C47H45BrO4/c1-30(2)45(49)51-26-11-5-9-24-47(25-10-6-12-27-52-46(50)31(3)4)40-17-8-7-16-35(40)36-21-20-34(28-41(36)47)39-29-42(48)38-23-19-33-15-13-14-32-18-22-37(39)44(38)43(32)33/h7-8,13-23,28-29H,1,3,5-6,9-12,24-27H2,2,4H3. The molecule has 6 aromatic rings. The Morgan fingerprint density at radius 3 is 1.83 bits per heavy atom. The molecular weight excluding hydrogens is 708 g/mol. The fourth-order valence-electron chi connectivity index (χ4n) is 8.30. The van der Waals surface area contributed by atoms with E-state index in [0.717, 1.165) is 55.8 Å². The second kappa shape index (κ2) is 15.1. The van der Waals surface area contributed by atoms with Crippen molar-refractivity contribution in [3.63, 3.8) is 0 Å². The Bertz CT molecular complexity index is 2280. The van der Waals surface area contributed by atoms with E-state index in [2.05, 4.69) is 120 Å². The van der Waals surface area contributed by atoms with Gasteiger partial charge in [0.1, 0.15) is 0 Å². The summed E-state index contributed by atoms with van der Waals surface area (Å²) < 4.78 is 11.9. The molecule has 5 heteroatoms. The minimum atomic E-state index is -0.324. The summed E-state index contributed by atoms with van der Waals surface area (Å²) >= 11 is 3.97. The van der Waals surface area contributed by atoms with Crippen LogP contribution in [0.2, 0.25) is 0 Å². The van der Waals surface area contributed by atoms with Crippen LogP contribution in [0, 0.1) is 0 Å². The Morgan fingerprint density at radius 2 is 1.19 bits per heavy atom. The molecule has 6 aromatic carbocycles. The van der Waals surface area contributed by atoms with Crippen LogP contribution in [0.25, 0.3) is 54.6 Å². The van der Waals surface area contributed by atoms with E-state index in [9.17, 15) is 9.59 Å². The lowest BCUT2D eigenvalue weighted by Crippen LogP contribution is -2.25. The summed E-state index contributed by atoms with van der Waals surface area (Å²) in [5, 5.41) is 7.62. The molecule has 264 valence electrons. The zero-order valence-electron chi connectivity index (χ0n) is 30.2. The fourth-order valence-corrected chi connectivity index (χ4v) is 8.86. The molecule has 0 saturated heterocycles. The predicted molar refractivity (Wildman–Crippen MR) is 218 cm³/mol. The maximum atomic E-state index is 12.0. The van der Waals surface area contributed by atoms with Crippen molar-refractivity contribution < 1.29 is 19.1 Å². The molecule has 0 bridgehead atoms. The molecule has 4 nitrogen and oxygen atoms in total. The molecule has 0 radical (unpaired) electrons. The van der Waals surface area contributed by atoms with Crippen LogP contribution in [-0.4, -0.2) is 25.2 Å². The summed E-state index contributed by atoms with van der Waals surface area (Å²) in [5.41, 5.74) is 8.52. The van der Waals surface area contributed by atoms with Crippen LogP contribution < -0.4 is 0 Å². The first-order chi connectivity index (χ1) is 25.2. The van der Waals surface area contributed by atoms with Crippen LogP contribution in [0.3, 0.4) is 0 Å². The van der Waals surface area contributed by atoms with Gasteiger partial charge >= 0.3 is 11.9 Å². The molecule has 0 saturated carbocycles. The molecule has 0 spiro atoms. The van der Waals surface area contributed by atoms with Gasteiger partial charge < -0.3 is 9.47 Å². The molecule has 0 N–H and O–H groups in total. The van der Waals surface area contributed by atoms with Gasteiger partial charge in [-0.05, 0) is 117 Å². The van der Waals surface area contributed by atoms with Crippen LogP contribution in [0.5, 0.6) is 0 Å². The number of rotatable bonds is 15. The molecule has 0 fully saturated rings. The first-order valence-electron chi connectivity index (χ1n) is 18.5. The average Bonchev–Trinajstić information content (AvgIpc) is 3.42. The predicted octanol–water partition coefficient (Wildman–Crippen LogP) is 12.6. The third kappa shape index (κ3) is 6.67. The molecule has 0 amide bonds. The van der Waals surface area contributed by atoms with Crippen molar-refractivity contribution in [2.24, 2.45) is 0 Å². The van der Waals surface area contributed by atoms with Gasteiger partial charge in [0.25, 0.3) is 0 Å². The van der Waals surface area contributed by atoms with Crippen molar-refractivity contribution in [2.75, 3.05) is 13.2 Å². The monoisotopic (exact) mass is 752 g/mol. The second-order valence-electron chi connectivity index (χ2n) is 14.4. The molecule has 0 heterocycles. The number of halogens is 1. The number of esters is 2. The largest absolute Gasteiger partial charge is 0.462 e. The van der Waals surface area contributed by atoms with Crippen molar-refractivity contribution in [1.82, 2.24) is 0 Å². The van der Waals surface area contributed by atoms with E-state index in [1.807, 2.05) is 0 Å². The van der Waals surface area contributed by atoms with Gasteiger partial charge in [-0.15, -0.1) is 0 Å². The van der Waals surface area contributed by atoms with Crippen LogP contribution >= 0.6 is 15.9 Å². The quantitative estimate of drug-likeness (QED) is 0.0453. The Kier molecular flexibility index (Phi) is 10.3. The van der Waals surface area contributed by atoms with E-state index < -0.39 is 0 Å². The number of hydrogen-bond donors (Lipinski definition) is 0. The van der Waals surface area contributed by atoms with Gasteiger partial charge in [0, 0.05) is 21.0 Å². The fraction of sp³-hybridized carbons (Fsp3) is 0.277. The highest BCUT2D eigenvalue weighted by Crippen LogP contribution is 2.55. The second-order valence-corrected chi connectivity index (χ2v) is 15.3. The summed E-state index contributed by atoms with van der Waals surface area (Å²) in [7, 11) is 0. The molecule has 52 heavy (non-hydrogen) atoms. The molecule has 0 aliphatic heterocycles. The molecule has 1 aliphatic rings. The van der Waals surface area contributed by atoms with Crippen molar-refractivity contribution in [3.8, 4) is 22.3 Å². The Balaban J connectivity index is 1.25. The van der Waals surface area contributed by atoms with E-state index in [4.69, 9.17) is 9.47 Å². The molecule has 0 atom stereocenters. The summed E-state index contributed by atoms with van der Waals surface area (Å²) in [6.45, 7) is 11.6. The summed E-state index contributed by atoms with van der Waals surface area (Å²) in [5.74, 6) is -0.648. The molecule has 1 aliphatic carbocycles. The van der Waals surface area contributed by atoms with Crippen LogP contribution in [0.1, 0.15) is 76.3 Å². The van der Waals surface area contributed by atoms with Crippen LogP contribution in [-0.2, 0) is 24.5 Å². The summed E-state index contributed by atoms with van der Waals surface area (Å²) in [6, 6.07) is 33.9. The van der Waals surface area contributed by atoms with E-state index >= 15 is 0 Å². The van der Waals surface area contributed by atoms with E-state index in [-0.39, 0.29) is 17.4 Å². The highest BCUT2D eigenvalue weighted by atomic mass is 79.9. The number of carbonyl (C=O) groups is 2. The van der Waals surface area contributed by atoms with Gasteiger partial charge in [0.15, 0.2) is 0 Å². The molecule has 7 rings (SSSR count). The first kappa shape index (κ1) is 35.7. The van der Waals surface area contributed by atoms with Gasteiger partial charge in [-0.3, -0.25) is 0 Å². The van der Waals surface area contributed by atoms with Crippen molar-refractivity contribution >= 4 is 60.2 Å². The van der Waals surface area contributed by atoms with Crippen molar-refractivity contribution in [3.05, 3.63) is 131 Å². The molecular formula is C47H45BrO4. The zero-order chi connectivity index (χ0) is 36.4. The minimum Gasteiger partial charge on any atom is -0.462 e. The zero-order valence-corrected chi connectivity index (χ0v) is 31.7. The van der Waals surface area contributed by atoms with E-state index in [1.54, 1.807) is 13.8 Å². The maximum absolute atomic E-state index is 12.0. The van der Waals surface area contributed by atoms with E-state index in [1.165, 1.54) is 65.7 Å². The Hall–Kier alpha value is -4.74. The molecule has 0 unspecified atom stereocenters. The van der Waals surface area contributed by atoms with Crippen molar-refractivity contribution in [1.29, 1.82) is 0 Å². The number of ether oxygens (including phenoxy) is 2. The highest BCUT2D eigenvalue weighted by molar-refractivity contribution is 9.10. The van der Waals surface area contributed by atoms with Gasteiger partial charge in [0.2, 0.25) is 0 Å². The summed E-state index contributed by atoms with van der Waals surface area (Å²) in [4.78, 5) is 23.9. The lowest BCUT2D eigenvalue weighted by atomic mass is 9.70. The maximum Gasteiger partial charge on any atom is 0.333 e. The number of hydrogen-bond acceptors (Lipinski definition) is 4. The number of benzene rings is 6. The number of carbonyl (C=O) groups excluding carboxylic acids is 2. The third-order valence-corrected chi connectivity index (χ3v) is 11.5. The first-order valence-corrected chi connectivity index (χ1v) is 19.2. The van der Waals surface area contributed by atoms with Gasteiger partial charge in [-0.1, -0.05) is 134 Å². The lowest BCUT2D eigenvalue weighted by Gasteiger charge is -2.33. The smallest absolute Gasteiger partial charge is 0.333 e.